The zero-order chi connectivity index (χ0) is 15.4. The lowest BCUT2D eigenvalue weighted by Gasteiger charge is -2.13. The topological polar surface area (TPSA) is 26.3 Å². The Hall–Kier alpha value is -2.23. The van der Waals surface area contributed by atoms with E-state index in [1.807, 2.05) is 32.0 Å². The van der Waals surface area contributed by atoms with Crippen molar-refractivity contribution in [3.63, 3.8) is 0 Å². The molecule has 0 aliphatic rings. The minimum absolute atomic E-state index is 0.168. The molecule has 0 aliphatic carbocycles. The molecule has 0 saturated heterocycles. The van der Waals surface area contributed by atoms with Gasteiger partial charge >= 0.3 is 0 Å². The molecule has 4 heteroatoms. The molecule has 21 heavy (non-hydrogen) atoms. The van der Waals surface area contributed by atoms with Crippen molar-refractivity contribution in [1.29, 1.82) is 0 Å². The van der Waals surface area contributed by atoms with Gasteiger partial charge < -0.3 is 4.74 Å². The molecule has 0 atom stereocenters. The van der Waals surface area contributed by atoms with Crippen LogP contribution < -0.4 is 4.74 Å². The first-order chi connectivity index (χ1) is 9.99. The van der Waals surface area contributed by atoms with Gasteiger partial charge in [-0.25, -0.2) is 8.78 Å². The first-order valence-corrected chi connectivity index (χ1v) is 6.69. The lowest BCUT2D eigenvalue weighted by Crippen LogP contribution is -2.14. The van der Waals surface area contributed by atoms with Gasteiger partial charge in [0.25, 0.3) is 0 Å². The molecule has 0 N–H and O–H groups in total. The molecule has 0 saturated carbocycles. The Kier molecular flexibility index (Phi) is 4.68. The standard InChI is InChI=1S/C17H16F2O2/c1-11(2)13-5-3-4-6-17(13)21-10-16(20)14-8-7-12(18)9-15(14)19/h3-9,11H,10H2,1-2H3. The van der Waals surface area contributed by atoms with Crippen molar-refractivity contribution < 1.29 is 18.3 Å². The summed E-state index contributed by atoms with van der Waals surface area (Å²) in [5.74, 6) is -1.26. The summed E-state index contributed by atoms with van der Waals surface area (Å²) in [5.41, 5.74) is 0.809. The van der Waals surface area contributed by atoms with Crippen LogP contribution in [0.5, 0.6) is 5.75 Å². The van der Waals surface area contributed by atoms with E-state index in [9.17, 15) is 13.6 Å². The van der Waals surface area contributed by atoms with Gasteiger partial charge in [0, 0.05) is 6.07 Å². The van der Waals surface area contributed by atoms with Crippen LogP contribution in [0.2, 0.25) is 0 Å². The molecule has 0 heterocycles. The van der Waals surface area contributed by atoms with Crippen LogP contribution in [0.4, 0.5) is 8.78 Å². The highest BCUT2D eigenvalue weighted by Gasteiger charge is 2.14. The number of para-hydroxylation sites is 1. The second kappa shape index (κ2) is 6.48. The number of Topliss-reactive ketones (excluding diaryl/α,β-unsaturated/α-hetero) is 1. The van der Waals surface area contributed by atoms with E-state index < -0.39 is 17.4 Å². The molecule has 2 nitrogen and oxygen atoms in total. The van der Waals surface area contributed by atoms with Crippen LogP contribution in [-0.2, 0) is 0 Å². The minimum atomic E-state index is -0.874. The van der Waals surface area contributed by atoms with E-state index in [1.165, 1.54) is 0 Å². The average Bonchev–Trinajstić information content (AvgIpc) is 2.45. The van der Waals surface area contributed by atoms with Crippen LogP contribution in [0.25, 0.3) is 0 Å². The monoisotopic (exact) mass is 290 g/mol. The van der Waals surface area contributed by atoms with Gasteiger partial charge in [-0.1, -0.05) is 32.0 Å². The third kappa shape index (κ3) is 3.66. The normalized spacial score (nSPS) is 10.7. The Balaban J connectivity index is 2.11. The number of carbonyl (C=O) groups excluding carboxylic acids is 1. The summed E-state index contributed by atoms with van der Waals surface area (Å²) in [4.78, 5) is 11.9. The van der Waals surface area contributed by atoms with Gasteiger partial charge in [0.05, 0.1) is 5.56 Å². The first-order valence-electron chi connectivity index (χ1n) is 6.69. The van der Waals surface area contributed by atoms with Gasteiger partial charge in [-0.05, 0) is 29.7 Å². The molecular formula is C17H16F2O2. The van der Waals surface area contributed by atoms with Crippen LogP contribution >= 0.6 is 0 Å². The Labute approximate surface area is 122 Å². The van der Waals surface area contributed by atoms with Crippen LogP contribution in [0.15, 0.2) is 42.5 Å². The van der Waals surface area contributed by atoms with Crippen molar-refractivity contribution in [3.8, 4) is 5.75 Å². The minimum Gasteiger partial charge on any atom is -0.485 e. The molecule has 0 aliphatic heterocycles. The number of hydrogen-bond donors (Lipinski definition) is 0. The van der Waals surface area contributed by atoms with Crippen molar-refractivity contribution in [2.75, 3.05) is 6.61 Å². The summed E-state index contributed by atoms with van der Waals surface area (Å²) in [5, 5.41) is 0. The fourth-order valence-corrected chi connectivity index (χ4v) is 2.03. The predicted octanol–water partition coefficient (Wildman–Crippen LogP) is 4.35. The fourth-order valence-electron chi connectivity index (χ4n) is 2.03. The molecule has 2 rings (SSSR count). The third-order valence-electron chi connectivity index (χ3n) is 3.13. The number of benzene rings is 2. The Bertz CT molecular complexity index is 651. The number of ether oxygens (including phenoxy) is 1. The Morgan fingerprint density at radius 1 is 1.14 bits per heavy atom. The van der Waals surface area contributed by atoms with Gasteiger partial charge in [0.2, 0.25) is 5.78 Å². The van der Waals surface area contributed by atoms with Crippen LogP contribution in [0.1, 0.15) is 35.7 Å². The molecule has 0 aromatic heterocycles. The Morgan fingerprint density at radius 2 is 1.86 bits per heavy atom. The van der Waals surface area contributed by atoms with Crippen molar-refractivity contribution >= 4 is 5.78 Å². The molecule has 0 radical (unpaired) electrons. The van der Waals surface area contributed by atoms with E-state index in [0.717, 1.165) is 17.7 Å². The second-order valence-electron chi connectivity index (χ2n) is 5.03. The maximum atomic E-state index is 13.5. The summed E-state index contributed by atoms with van der Waals surface area (Å²) < 4.78 is 31.8. The van der Waals surface area contributed by atoms with Crippen molar-refractivity contribution in [1.82, 2.24) is 0 Å². The highest BCUT2D eigenvalue weighted by molar-refractivity contribution is 5.97. The largest absolute Gasteiger partial charge is 0.485 e. The van der Waals surface area contributed by atoms with Crippen LogP contribution in [-0.4, -0.2) is 12.4 Å². The quantitative estimate of drug-likeness (QED) is 0.765. The molecular weight excluding hydrogens is 274 g/mol. The number of carbonyl (C=O) groups is 1. The molecule has 2 aromatic carbocycles. The number of ketones is 1. The van der Waals surface area contributed by atoms with E-state index in [0.29, 0.717) is 11.8 Å². The molecule has 2 aromatic rings. The lowest BCUT2D eigenvalue weighted by molar-refractivity contribution is 0.0916. The van der Waals surface area contributed by atoms with E-state index in [1.54, 1.807) is 6.07 Å². The lowest BCUT2D eigenvalue weighted by atomic mass is 10.0. The van der Waals surface area contributed by atoms with E-state index in [-0.39, 0.29) is 18.1 Å². The SMILES string of the molecule is CC(C)c1ccccc1OCC(=O)c1ccc(F)cc1F. The first kappa shape index (κ1) is 15.2. The fraction of sp³-hybridized carbons (Fsp3) is 0.235. The molecule has 0 amide bonds. The number of rotatable bonds is 5. The summed E-state index contributed by atoms with van der Waals surface area (Å²) in [6.07, 6.45) is 0. The summed E-state index contributed by atoms with van der Waals surface area (Å²) >= 11 is 0. The van der Waals surface area contributed by atoms with Gasteiger partial charge in [-0.15, -0.1) is 0 Å². The molecule has 0 unspecified atom stereocenters. The Morgan fingerprint density at radius 3 is 2.52 bits per heavy atom. The van der Waals surface area contributed by atoms with Crippen molar-refractivity contribution in [2.45, 2.75) is 19.8 Å². The molecule has 0 bridgehead atoms. The van der Waals surface area contributed by atoms with Crippen LogP contribution in [0.3, 0.4) is 0 Å². The maximum Gasteiger partial charge on any atom is 0.203 e. The highest BCUT2D eigenvalue weighted by atomic mass is 19.1. The van der Waals surface area contributed by atoms with E-state index in [2.05, 4.69) is 0 Å². The van der Waals surface area contributed by atoms with Crippen molar-refractivity contribution in [3.05, 3.63) is 65.2 Å². The number of halogens is 2. The second-order valence-corrected chi connectivity index (χ2v) is 5.03. The molecule has 110 valence electrons. The zero-order valence-corrected chi connectivity index (χ0v) is 11.9. The predicted molar refractivity (Wildman–Crippen MR) is 76.7 cm³/mol. The summed E-state index contributed by atoms with van der Waals surface area (Å²) in [6.45, 7) is 3.75. The van der Waals surface area contributed by atoms with E-state index >= 15 is 0 Å². The smallest absolute Gasteiger partial charge is 0.203 e. The van der Waals surface area contributed by atoms with E-state index in [4.69, 9.17) is 4.74 Å². The number of hydrogen-bond acceptors (Lipinski definition) is 2. The van der Waals surface area contributed by atoms with Gasteiger partial charge in [-0.3, -0.25) is 4.79 Å². The molecule has 0 spiro atoms. The zero-order valence-electron chi connectivity index (χ0n) is 11.9. The third-order valence-corrected chi connectivity index (χ3v) is 3.13. The maximum absolute atomic E-state index is 13.5. The average molecular weight is 290 g/mol. The summed E-state index contributed by atoms with van der Waals surface area (Å²) in [6, 6.07) is 10.3. The molecule has 0 fully saturated rings. The van der Waals surface area contributed by atoms with Gasteiger partial charge in [0.1, 0.15) is 17.4 Å². The highest BCUT2D eigenvalue weighted by Crippen LogP contribution is 2.26. The van der Waals surface area contributed by atoms with Crippen molar-refractivity contribution in [2.24, 2.45) is 0 Å². The summed E-state index contributed by atoms with van der Waals surface area (Å²) in [7, 11) is 0. The van der Waals surface area contributed by atoms with Gasteiger partial charge in [-0.2, -0.15) is 0 Å². The van der Waals surface area contributed by atoms with Crippen LogP contribution in [0, 0.1) is 11.6 Å². The van der Waals surface area contributed by atoms with Gasteiger partial charge in [0.15, 0.2) is 6.61 Å².